The Kier molecular flexibility index (Phi) is 9.63. The molecular formula is C21H33F2N5O2. The summed E-state index contributed by atoms with van der Waals surface area (Å²) < 4.78 is 30.0. The number of hydrogen-bond acceptors (Lipinski definition) is 4. The molecule has 3 N–H and O–H groups in total. The summed E-state index contributed by atoms with van der Waals surface area (Å²) in [5, 5.41) is 9.50. The summed E-state index contributed by atoms with van der Waals surface area (Å²) in [5.41, 5.74) is 0.658. The van der Waals surface area contributed by atoms with Gasteiger partial charge in [0, 0.05) is 38.1 Å². The van der Waals surface area contributed by atoms with Crippen LogP contribution in [-0.4, -0.2) is 56.7 Å². The first-order valence-electron chi connectivity index (χ1n) is 10.6. The lowest BCUT2D eigenvalue weighted by molar-refractivity contribution is -0.121. The normalized spacial score (nSPS) is 17.7. The van der Waals surface area contributed by atoms with Crippen LogP contribution < -0.4 is 25.6 Å². The minimum atomic E-state index is -2.85. The second-order valence-corrected chi connectivity index (χ2v) is 7.31. The van der Waals surface area contributed by atoms with Gasteiger partial charge in [-0.05, 0) is 38.8 Å². The van der Waals surface area contributed by atoms with Gasteiger partial charge in [-0.2, -0.15) is 8.78 Å². The number of nitrogens with zero attached hydrogens (tertiary/aromatic N) is 2. The maximum atomic E-state index is 12.7. The number of carbonyl (C=O) groups excluding carboxylic acids is 1. The number of rotatable bonds is 10. The Hall–Kier alpha value is -2.58. The number of alkyl halides is 2. The molecule has 1 saturated heterocycles. The van der Waals surface area contributed by atoms with Gasteiger partial charge in [-0.1, -0.05) is 19.1 Å². The highest BCUT2D eigenvalue weighted by molar-refractivity contribution is 5.81. The molecule has 2 rings (SSSR count). The summed E-state index contributed by atoms with van der Waals surface area (Å²) in [6, 6.07) is 7.10. The zero-order valence-corrected chi connectivity index (χ0v) is 18.0. The average Bonchev–Trinajstić information content (AvgIpc) is 3.16. The van der Waals surface area contributed by atoms with Gasteiger partial charge in [0.15, 0.2) is 5.96 Å². The predicted molar refractivity (Wildman–Crippen MR) is 115 cm³/mol. The van der Waals surface area contributed by atoms with E-state index < -0.39 is 6.61 Å². The number of ether oxygens (including phenoxy) is 1. The Morgan fingerprint density at radius 1 is 1.33 bits per heavy atom. The third kappa shape index (κ3) is 7.68. The Morgan fingerprint density at radius 3 is 2.80 bits per heavy atom. The minimum Gasteiger partial charge on any atom is -0.433 e. The van der Waals surface area contributed by atoms with Crippen molar-refractivity contribution in [3.8, 4) is 5.75 Å². The van der Waals surface area contributed by atoms with Gasteiger partial charge >= 0.3 is 6.61 Å². The van der Waals surface area contributed by atoms with Gasteiger partial charge in [0.25, 0.3) is 0 Å². The van der Waals surface area contributed by atoms with Crippen molar-refractivity contribution >= 4 is 17.6 Å². The van der Waals surface area contributed by atoms with Crippen LogP contribution in [0.25, 0.3) is 0 Å². The molecule has 0 bridgehead atoms. The lowest BCUT2D eigenvalue weighted by Crippen LogP contribution is -2.44. The van der Waals surface area contributed by atoms with E-state index in [1.165, 1.54) is 0 Å². The molecule has 0 saturated carbocycles. The second-order valence-electron chi connectivity index (χ2n) is 7.31. The van der Waals surface area contributed by atoms with E-state index in [-0.39, 0.29) is 23.7 Å². The molecule has 168 valence electrons. The fourth-order valence-corrected chi connectivity index (χ4v) is 3.24. The van der Waals surface area contributed by atoms with E-state index in [4.69, 9.17) is 0 Å². The number of hydrogen-bond donors (Lipinski definition) is 3. The van der Waals surface area contributed by atoms with E-state index >= 15 is 0 Å². The quantitative estimate of drug-likeness (QED) is 0.397. The van der Waals surface area contributed by atoms with Crippen LogP contribution in [0.5, 0.6) is 5.75 Å². The number of nitrogens with one attached hydrogen (secondary N) is 3. The molecule has 1 heterocycles. The fourth-order valence-electron chi connectivity index (χ4n) is 3.24. The van der Waals surface area contributed by atoms with Gasteiger partial charge in [-0.15, -0.1) is 0 Å². The van der Waals surface area contributed by atoms with Crippen molar-refractivity contribution in [2.45, 2.75) is 58.7 Å². The molecule has 1 aromatic rings. The molecule has 1 aliphatic rings. The predicted octanol–water partition coefficient (Wildman–Crippen LogP) is 2.73. The highest BCUT2D eigenvalue weighted by Gasteiger charge is 2.26. The maximum Gasteiger partial charge on any atom is 0.387 e. The Balaban J connectivity index is 1.91. The van der Waals surface area contributed by atoms with Gasteiger partial charge in [-0.25, -0.2) is 0 Å². The SMILES string of the molecule is CCNC(=NCCC(=O)NC(C)CC)NC1CCN(c2ccccc2OC(F)F)C1. The molecule has 7 nitrogen and oxygen atoms in total. The molecule has 9 heteroatoms. The number of aliphatic imine (C=N–C) groups is 1. The Labute approximate surface area is 177 Å². The number of halogens is 2. The summed E-state index contributed by atoms with van der Waals surface area (Å²) in [5.74, 6) is 0.825. The van der Waals surface area contributed by atoms with Crippen molar-refractivity contribution in [1.82, 2.24) is 16.0 Å². The highest BCUT2D eigenvalue weighted by atomic mass is 19.3. The van der Waals surface area contributed by atoms with Gasteiger partial charge in [-0.3, -0.25) is 9.79 Å². The van der Waals surface area contributed by atoms with Crippen molar-refractivity contribution in [3.63, 3.8) is 0 Å². The zero-order valence-electron chi connectivity index (χ0n) is 18.0. The van der Waals surface area contributed by atoms with E-state index in [0.717, 1.165) is 19.4 Å². The summed E-state index contributed by atoms with van der Waals surface area (Å²) in [4.78, 5) is 18.4. The molecule has 0 aromatic heterocycles. The third-order valence-corrected chi connectivity index (χ3v) is 4.92. The third-order valence-electron chi connectivity index (χ3n) is 4.92. The highest BCUT2D eigenvalue weighted by Crippen LogP contribution is 2.31. The Bertz CT molecular complexity index is 702. The van der Waals surface area contributed by atoms with Crippen LogP contribution in [-0.2, 0) is 4.79 Å². The van der Waals surface area contributed by atoms with Crippen molar-refractivity contribution < 1.29 is 18.3 Å². The first-order chi connectivity index (χ1) is 14.4. The number of anilines is 1. The first kappa shape index (κ1) is 23.7. The topological polar surface area (TPSA) is 78.0 Å². The van der Waals surface area contributed by atoms with E-state index in [1.807, 2.05) is 31.7 Å². The van der Waals surface area contributed by atoms with E-state index in [1.54, 1.807) is 18.2 Å². The number of benzene rings is 1. The molecule has 0 spiro atoms. The van der Waals surface area contributed by atoms with Crippen LogP contribution >= 0.6 is 0 Å². The summed E-state index contributed by atoms with van der Waals surface area (Å²) in [6.45, 7) is 5.58. The maximum absolute atomic E-state index is 12.7. The zero-order chi connectivity index (χ0) is 21.9. The summed E-state index contributed by atoms with van der Waals surface area (Å²) in [7, 11) is 0. The molecule has 2 unspecified atom stereocenters. The molecular weight excluding hydrogens is 392 g/mol. The monoisotopic (exact) mass is 425 g/mol. The molecule has 1 aromatic carbocycles. The van der Waals surface area contributed by atoms with Crippen LogP contribution in [0.1, 0.15) is 40.0 Å². The Morgan fingerprint density at radius 2 is 2.10 bits per heavy atom. The van der Waals surface area contributed by atoms with E-state index in [0.29, 0.717) is 37.7 Å². The van der Waals surface area contributed by atoms with Gasteiger partial charge in [0.05, 0.1) is 12.2 Å². The van der Waals surface area contributed by atoms with Crippen molar-refractivity contribution in [2.24, 2.45) is 4.99 Å². The van der Waals surface area contributed by atoms with Crippen LogP contribution in [0, 0.1) is 0 Å². The number of carbonyl (C=O) groups is 1. The van der Waals surface area contributed by atoms with Crippen LogP contribution in [0.4, 0.5) is 14.5 Å². The van der Waals surface area contributed by atoms with Crippen molar-refractivity contribution in [2.75, 3.05) is 31.1 Å². The van der Waals surface area contributed by atoms with E-state index in [2.05, 4.69) is 25.7 Å². The van der Waals surface area contributed by atoms with Gasteiger partial charge in [0.1, 0.15) is 5.75 Å². The largest absolute Gasteiger partial charge is 0.433 e. The average molecular weight is 426 g/mol. The van der Waals surface area contributed by atoms with Crippen molar-refractivity contribution in [3.05, 3.63) is 24.3 Å². The second kappa shape index (κ2) is 12.2. The molecule has 1 fully saturated rings. The lowest BCUT2D eigenvalue weighted by atomic mass is 10.2. The summed E-state index contributed by atoms with van der Waals surface area (Å²) in [6.07, 6.45) is 2.06. The summed E-state index contributed by atoms with van der Waals surface area (Å²) >= 11 is 0. The van der Waals surface area contributed by atoms with Crippen molar-refractivity contribution in [1.29, 1.82) is 0 Å². The number of amides is 1. The smallest absolute Gasteiger partial charge is 0.387 e. The van der Waals surface area contributed by atoms with Gasteiger partial charge < -0.3 is 25.6 Å². The molecule has 2 atom stereocenters. The molecule has 30 heavy (non-hydrogen) atoms. The molecule has 1 aliphatic heterocycles. The van der Waals surface area contributed by atoms with Crippen LogP contribution in [0.15, 0.2) is 29.3 Å². The molecule has 0 radical (unpaired) electrons. The van der Waals surface area contributed by atoms with Crippen LogP contribution in [0.2, 0.25) is 0 Å². The fraction of sp³-hybridized carbons (Fsp3) is 0.619. The van der Waals surface area contributed by atoms with E-state index in [9.17, 15) is 13.6 Å². The number of para-hydroxylation sites is 2. The lowest BCUT2D eigenvalue weighted by Gasteiger charge is -2.22. The van der Waals surface area contributed by atoms with Gasteiger partial charge in [0.2, 0.25) is 5.91 Å². The minimum absolute atomic E-state index is 0.00775. The number of guanidine groups is 1. The molecule has 0 aliphatic carbocycles. The first-order valence-corrected chi connectivity index (χ1v) is 10.6. The molecule has 1 amide bonds. The standard InChI is InChI=1S/C21H33F2N5O2/c1-4-15(3)26-19(29)10-12-25-21(24-5-2)27-16-11-13-28(14-16)17-8-6-7-9-18(17)30-20(22)23/h6-9,15-16,20H,4-5,10-14H2,1-3H3,(H,26,29)(H2,24,25,27). The van der Waals surface area contributed by atoms with Crippen LogP contribution in [0.3, 0.4) is 0 Å².